The highest BCUT2D eigenvalue weighted by molar-refractivity contribution is 5.63. The first-order valence-electron chi connectivity index (χ1n) is 10.1. The number of aromatic nitrogens is 2. The number of nitrogens with zero attached hydrogens (tertiary/aromatic N) is 4. The maximum absolute atomic E-state index is 9.93. The summed E-state index contributed by atoms with van der Waals surface area (Å²) in [5.74, 6) is 2.21. The number of benzene rings is 1. The zero-order valence-corrected chi connectivity index (χ0v) is 16.4. The van der Waals surface area contributed by atoms with Gasteiger partial charge in [-0.25, -0.2) is 4.98 Å². The summed E-state index contributed by atoms with van der Waals surface area (Å²) in [6.45, 7) is 3.65. The minimum atomic E-state index is -0.288. The lowest BCUT2D eigenvalue weighted by atomic mass is 10.1. The van der Waals surface area contributed by atoms with Gasteiger partial charge in [-0.1, -0.05) is 12.1 Å². The van der Waals surface area contributed by atoms with Gasteiger partial charge in [-0.2, -0.15) is 4.98 Å². The van der Waals surface area contributed by atoms with E-state index in [2.05, 4.69) is 32.1 Å². The van der Waals surface area contributed by atoms with E-state index >= 15 is 0 Å². The third-order valence-electron chi connectivity index (χ3n) is 5.45. The molecule has 7 heteroatoms. The van der Waals surface area contributed by atoms with Gasteiger partial charge in [0.25, 0.3) is 0 Å². The number of β-amino-alcohol motifs (C(OH)–C–C–N with tert-alkyl or cyclic N) is 1. The molecular weight excluding hydrogens is 354 g/mol. The van der Waals surface area contributed by atoms with E-state index in [1.807, 2.05) is 30.3 Å². The third-order valence-corrected chi connectivity index (χ3v) is 5.45. The summed E-state index contributed by atoms with van der Waals surface area (Å²) in [6.07, 6.45) is 5.61. The predicted molar refractivity (Wildman–Crippen MR) is 110 cm³/mol. The Kier molecular flexibility index (Phi) is 5.92. The van der Waals surface area contributed by atoms with Crippen LogP contribution in [0.2, 0.25) is 0 Å². The number of anilines is 3. The summed E-state index contributed by atoms with van der Waals surface area (Å²) < 4.78 is 6.28. The Labute approximate surface area is 166 Å². The minimum absolute atomic E-state index is 0.237. The number of piperidine rings is 2. The lowest BCUT2D eigenvalue weighted by Gasteiger charge is -2.31. The molecule has 0 spiro atoms. The highest BCUT2D eigenvalue weighted by Gasteiger charge is 2.21. The summed E-state index contributed by atoms with van der Waals surface area (Å²) in [4.78, 5) is 13.5. The van der Waals surface area contributed by atoms with Crippen LogP contribution < -0.4 is 15.0 Å². The van der Waals surface area contributed by atoms with Crippen molar-refractivity contribution in [3.05, 3.63) is 36.5 Å². The number of nitrogens with one attached hydrogen (secondary N) is 1. The van der Waals surface area contributed by atoms with E-state index in [0.717, 1.165) is 62.6 Å². The molecule has 2 N–H and O–H groups in total. The Morgan fingerprint density at radius 1 is 1.11 bits per heavy atom. The van der Waals surface area contributed by atoms with Gasteiger partial charge in [0.1, 0.15) is 17.7 Å². The van der Waals surface area contributed by atoms with Gasteiger partial charge >= 0.3 is 0 Å². The van der Waals surface area contributed by atoms with Gasteiger partial charge in [-0.15, -0.1) is 0 Å². The van der Waals surface area contributed by atoms with Crippen molar-refractivity contribution >= 4 is 17.5 Å². The van der Waals surface area contributed by atoms with Crippen LogP contribution in [-0.2, 0) is 0 Å². The quantitative estimate of drug-likeness (QED) is 0.822. The average Bonchev–Trinajstić information content (AvgIpc) is 2.71. The molecule has 0 radical (unpaired) electrons. The van der Waals surface area contributed by atoms with Crippen molar-refractivity contribution < 1.29 is 9.84 Å². The normalized spacial score (nSPS) is 21.5. The first-order chi connectivity index (χ1) is 13.7. The zero-order chi connectivity index (χ0) is 19.3. The number of hydrogen-bond donors (Lipinski definition) is 2. The molecule has 1 atom stereocenters. The molecule has 2 saturated heterocycles. The van der Waals surface area contributed by atoms with E-state index in [1.54, 1.807) is 6.20 Å². The number of rotatable bonds is 5. The Morgan fingerprint density at radius 3 is 2.75 bits per heavy atom. The Hall–Kier alpha value is -2.38. The molecule has 28 heavy (non-hydrogen) atoms. The fourth-order valence-corrected chi connectivity index (χ4v) is 3.82. The van der Waals surface area contributed by atoms with E-state index in [-0.39, 0.29) is 12.2 Å². The smallest absolute Gasteiger partial charge is 0.229 e. The van der Waals surface area contributed by atoms with Crippen LogP contribution in [0.3, 0.4) is 0 Å². The van der Waals surface area contributed by atoms with Crippen LogP contribution in [0.25, 0.3) is 0 Å². The van der Waals surface area contributed by atoms with Crippen molar-refractivity contribution in [1.82, 2.24) is 14.9 Å². The molecule has 4 rings (SSSR count). The minimum Gasteiger partial charge on any atom is -0.488 e. The van der Waals surface area contributed by atoms with Crippen LogP contribution in [0.15, 0.2) is 36.5 Å². The molecule has 0 aliphatic carbocycles. The van der Waals surface area contributed by atoms with Crippen molar-refractivity contribution in [2.24, 2.45) is 0 Å². The molecule has 1 aromatic heterocycles. The molecular formula is C21H29N5O2. The van der Waals surface area contributed by atoms with Crippen LogP contribution in [0.4, 0.5) is 17.5 Å². The zero-order valence-electron chi connectivity index (χ0n) is 16.4. The molecule has 0 amide bonds. The van der Waals surface area contributed by atoms with Crippen LogP contribution in [0, 0.1) is 0 Å². The molecule has 3 heterocycles. The standard InChI is InChI=1S/C21H29N5O2/c1-25-13-9-17(10-14-25)28-19-7-3-2-6-18(19)23-21-22-11-8-20(24-21)26-12-4-5-16(27)15-26/h2-3,6-8,11,16-17,27H,4-5,9-10,12-15H2,1H3,(H,22,23,24). The summed E-state index contributed by atoms with van der Waals surface area (Å²) in [6, 6.07) is 9.84. The lowest BCUT2D eigenvalue weighted by Crippen LogP contribution is -2.38. The molecule has 2 aromatic rings. The summed E-state index contributed by atoms with van der Waals surface area (Å²) in [5.41, 5.74) is 0.872. The summed E-state index contributed by atoms with van der Waals surface area (Å²) in [5, 5.41) is 13.2. The van der Waals surface area contributed by atoms with Crippen molar-refractivity contribution in [2.45, 2.75) is 37.9 Å². The SMILES string of the molecule is CN1CCC(Oc2ccccc2Nc2nccc(N3CCCC(O)C3)n2)CC1. The summed E-state index contributed by atoms with van der Waals surface area (Å²) >= 11 is 0. The second-order valence-corrected chi connectivity index (χ2v) is 7.72. The van der Waals surface area contributed by atoms with Crippen molar-refractivity contribution in [3.8, 4) is 5.75 Å². The third kappa shape index (κ3) is 4.72. The molecule has 1 unspecified atom stereocenters. The molecule has 2 aliphatic heterocycles. The van der Waals surface area contributed by atoms with E-state index in [1.165, 1.54) is 0 Å². The maximum Gasteiger partial charge on any atom is 0.229 e. The number of ether oxygens (including phenoxy) is 1. The monoisotopic (exact) mass is 383 g/mol. The highest BCUT2D eigenvalue weighted by Crippen LogP contribution is 2.29. The first-order valence-corrected chi connectivity index (χ1v) is 10.1. The predicted octanol–water partition coefficient (Wildman–Crippen LogP) is 2.65. The average molecular weight is 383 g/mol. The van der Waals surface area contributed by atoms with Crippen LogP contribution in [-0.4, -0.2) is 65.4 Å². The summed E-state index contributed by atoms with van der Waals surface area (Å²) in [7, 11) is 2.15. The topological polar surface area (TPSA) is 73.8 Å². The Morgan fingerprint density at radius 2 is 1.93 bits per heavy atom. The second-order valence-electron chi connectivity index (χ2n) is 7.72. The fraction of sp³-hybridized carbons (Fsp3) is 0.524. The van der Waals surface area contributed by atoms with Gasteiger partial charge in [0.2, 0.25) is 5.95 Å². The lowest BCUT2D eigenvalue weighted by molar-refractivity contribution is 0.115. The fourth-order valence-electron chi connectivity index (χ4n) is 3.82. The molecule has 2 aliphatic rings. The molecule has 150 valence electrons. The molecule has 7 nitrogen and oxygen atoms in total. The van der Waals surface area contributed by atoms with E-state index in [4.69, 9.17) is 4.74 Å². The van der Waals surface area contributed by atoms with Gasteiger partial charge in [0.05, 0.1) is 11.8 Å². The van der Waals surface area contributed by atoms with Gasteiger partial charge in [-0.05, 0) is 50.9 Å². The van der Waals surface area contributed by atoms with Gasteiger partial charge in [0, 0.05) is 32.4 Å². The van der Waals surface area contributed by atoms with E-state index < -0.39 is 0 Å². The molecule has 0 saturated carbocycles. The van der Waals surface area contributed by atoms with Crippen LogP contribution in [0.5, 0.6) is 5.75 Å². The molecule has 0 bridgehead atoms. The van der Waals surface area contributed by atoms with Crippen LogP contribution >= 0.6 is 0 Å². The van der Waals surface area contributed by atoms with Gasteiger partial charge < -0.3 is 25.0 Å². The molecule has 2 fully saturated rings. The van der Waals surface area contributed by atoms with Crippen molar-refractivity contribution in [2.75, 3.05) is 43.4 Å². The second kappa shape index (κ2) is 8.75. The Bertz CT molecular complexity index is 779. The van der Waals surface area contributed by atoms with E-state index in [0.29, 0.717) is 12.5 Å². The van der Waals surface area contributed by atoms with Gasteiger partial charge in [0.15, 0.2) is 0 Å². The highest BCUT2D eigenvalue weighted by atomic mass is 16.5. The number of hydrogen-bond acceptors (Lipinski definition) is 7. The van der Waals surface area contributed by atoms with E-state index in [9.17, 15) is 5.11 Å². The number of para-hydroxylation sites is 2. The number of likely N-dealkylation sites (tertiary alicyclic amines) is 1. The van der Waals surface area contributed by atoms with Crippen molar-refractivity contribution in [3.63, 3.8) is 0 Å². The maximum atomic E-state index is 9.93. The van der Waals surface area contributed by atoms with Crippen LogP contribution in [0.1, 0.15) is 25.7 Å². The largest absolute Gasteiger partial charge is 0.488 e. The first kappa shape index (κ1) is 19.0. The number of aliphatic hydroxyl groups excluding tert-OH is 1. The molecule has 1 aromatic carbocycles. The number of aliphatic hydroxyl groups is 1. The Balaban J connectivity index is 1.46. The van der Waals surface area contributed by atoms with Gasteiger partial charge in [-0.3, -0.25) is 0 Å². The van der Waals surface area contributed by atoms with Crippen molar-refractivity contribution in [1.29, 1.82) is 0 Å².